The number of pyridine rings is 1. The van der Waals surface area contributed by atoms with Crippen LogP contribution >= 0.6 is 0 Å². The minimum atomic E-state index is -0.466. The number of hydrogen-bond donors (Lipinski definition) is 0. The molecule has 1 aromatic rings. The van der Waals surface area contributed by atoms with E-state index in [1.807, 2.05) is 27.7 Å². The van der Waals surface area contributed by atoms with Crippen LogP contribution in [-0.4, -0.2) is 29.6 Å². The third-order valence-corrected chi connectivity index (χ3v) is 2.55. The highest BCUT2D eigenvalue weighted by Gasteiger charge is 2.22. The average molecular weight is 251 g/mol. The number of ether oxygens (including phenoxy) is 2. The lowest BCUT2D eigenvalue weighted by Gasteiger charge is -2.21. The summed E-state index contributed by atoms with van der Waals surface area (Å²) in [6.45, 7) is 7.63. The minimum Gasteiger partial charge on any atom is -0.489 e. The van der Waals surface area contributed by atoms with E-state index in [-0.39, 0.29) is 11.9 Å². The van der Waals surface area contributed by atoms with E-state index < -0.39 is 5.60 Å². The minimum absolute atomic E-state index is 0.00329. The molecule has 1 aromatic heterocycles. The van der Waals surface area contributed by atoms with Crippen molar-refractivity contribution < 1.29 is 14.3 Å². The number of aromatic nitrogens is 1. The molecule has 0 aromatic carbocycles. The van der Waals surface area contributed by atoms with Gasteiger partial charge in [0.05, 0.1) is 17.9 Å². The molecule has 0 radical (unpaired) electrons. The number of nitrogens with zero attached hydrogens (tertiary/aromatic N) is 1. The average Bonchev–Trinajstić information content (AvgIpc) is 2.28. The maximum atomic E-state index is 12.1. The third kappa shape index (κ3) is 4.45. The van der Waals surface area contributed by atoms with Crippen LogP contribution in [0.15, 0.2) is 18.5 Å². The lowest BCUT2D eigenvalue weighted by atomic mass is 9.98. The molecule has 100 valence electrons. The molecule has 0 aliphatic heterocycles. The summed E-state index contributed by atoms with van der Waals surface area (Å²) in [4.78, 5) is 16.1. The molecule has 0 aliphatic rings. The molecule has 1 heterocycles. The molecular formula is C14H21NO3. The number of Topliss-reactive ketones (excluding diaryl/α,β-unsaturated/α-hetero) is 1. The Morgan fingerprint density at radius 3 is 2.61 bits per heavy atom. The Kier molecular flexibility index (Phi) is 4.84. The zero-order valence-electron chi connectivity index (χ0n) is 11.7. The SMILES string of the molecule is COC(C)(C)CC(=O)c1cncc(OC(C)C)c1. The van der Waals surface area contributed by atoms with Crippen molar-refractivity contribution in [2.24, 2.45) is 0 Å². The normalized spacial score (nSPS) is 11.7. The van der Waals surface area contributed by atoms with E-state index in [0.29, 0.717) is 17.7 Å². The van der Waals surface area contributed by atoms with Gasteiger partial charge in [0.25, 0.3) is 0 Å². The molecule has 0 aliphatic carbocycles. The van der Waals surface area contributed by atoms with Gasteiger partial charge in [-0.2, -0.15) is 0 Å². The quantitative estimate of drug-likeness (QED) is 0.729. The van der Waals surface area contributed by atoms with Crippen LogP contribution < -0.4 is 4.74 Å². The third-order valence-electron chi connectivity index (χ3n) is 2.55. The Labute approximate surface area is 108 Å². The van der Waals surface area contributed by atoms with Crippen molar-refractivity contribution >= 4 is 5.78 Å². The summed E-state index contributed by atoms with van der Waals surface area (Å²) in [7, 11) is 1.60. The molecule has 1 rings (SSSR count). The largest absolute Gasteiger partial charge is 0.489 e. The molecule has 0 N–H and O–H groups in total. The molecule has 0 fully saturated rings. The number of methoxy groups -OCH3 is 1. The molecule has 0 unspecified atom stereocenters. The van der Waals surface area contributed by atoms with Gasteiger partial charge in [-0.1, -0.05) is 0 Å². The fraction of sp³-hybridized carbons (Fsp3) is 0.571. The van der Waals surface area contributed by atoms with Crippen molar-refractivity contribution in [2.45, 2.75) is 45.8 Å². The van der Waals surface area contributed by atoms with Crippen LogP contribution in [0.4, 0.5) is 0 Å². The highest BCUT2D eigenvalue weighted by Crippen LogP contribution is 2.19. The smallest absolute Gasteiger partial charge is 0.167 e. The number of carbonyl (C=O) groups excluding carboxylic acids is 1. The van der Waals surface area contributed by atoms with Crippen molar-refractivity contribution in [2.75, 3.05) is 7.11 Å². The second kappa shape index (κ2) is 5.96. The second-order valence-corrected chi connectivity index (χ2v) is 5.14. The Morgan fingerprint density at radius 2 is 2.06 bits per heavy atom. The molecule has 0 atom stereocenters. The first-order valence-corrected chi connectivity index (χ1v) is 6.04. The van der Waals surface area contributed by atoms with Crippen LogP contribution in [-0.2, 0) is 4.74 Å². The van der Waals surface area contributed by atoms with E-state index in [0.717, 1.165) is 0 Å². The Morgan fingerprint density at radius 1 is 1.39 bits per heavy atom. The van der Waals surface area contributed by atoms with Crippen LogP contribution in [0, 0.1) is 0 Å². The van der Waals surface area contributed by atoms with E-state index in [4.69, 9.17) is 9.47 Å². The zero-order chi connectivity index (χ0) is 13.8. The number of rotatable bonds is 6. The number of carbonyl (C=O) groups is 1. The Balaban J connectivity index is 2.80. The van der Waals surface area contributed by atoms with Gasteiger partial charge >= 0.3 is 0 Å². The molecule has 18 heavy (non-hydrogen) atoms. The van der Waals surface area contributed by atoms with Crippen LogP contribution in [0.1, 0.15) is 44.5 Å². The molecule has 0 amide bonds. The van der Waals surface area contributed by atoms with Crippen molar-refractivity contribution in [3.8, 4) is 5.75 Å². The van der Waals surface area contributed by atoms with Gasteiger partial charge in [-0.3, -0.25) is 9.78 Å². The van der Waals surface area contributed by atoms with Crippen LogP contribution in [0.2, 0.25) is 0 Å². The lowest BCUT2D eigenvalue weighted by molar-refractivity contribution is 0.0172. The molecule has 4 nitrogen and oxygen atoms in total. The topological polar surface area (TPSA) is 48.4 Å². The van der Waals surface area contributed by atoms with Gasteiger partial charge in [-0.25, -0.2) is 0 Å². The van der Waals surface area contributed by atoms with Crippen molar-refractivity contribution in [1.29, 1.82) is 0 Å². The van der Waals surface area contributed by atoms with Crippen molar-refractivity contribution in [1.82, 2.24) is 4.98 Å². The van der Waals surface area contributed by atoms with Gasteiger partial charge in [-0.15, -0.1) is 0 Å². The summed E-state index contributed by atoms with van der Waals surface area (Å²) in [5, 5.41) is 0. The molecule has 4 heteroatoms. The second-order valence-electron chi connectivity index (χ2n) is 5.14. The van der Waals surface area contributed by atoms with Crippen molar-refractivity contribution in [3.63, 3.8) is 0 Å². The van der Waals surface area contributed by atoms with Gasteiger partial charge in [0.1, 0.15) is 5.75 Å². The van der Waals surface area contributed by atoms with Crippen molar-refractivity contribution in [3.05, 3.63) is 24.0 Å². The van der Waals surface area contributed by atoms with Crippen LogP contribution in [0.25, 0.3) is 0 Å². The summed E-state index contributed by atoms with van der Waals surface area (Å²) in [6, 6.07) is 1.72. The predicted octanol–water partition coefficient (Wildman–Crippen LogP) is 2.87. The zero-order valence-corrected chi connectivity index (χ0v) is 11.7. The summed E-state index contributed by atoms with van der Waals surface area (Å²) in [5.74, 6) is 0.620. The van der Waals surface area contributed by atoms with E-state index in [1.54, 1.807) is 25.6 Å². The summed E-state index contributed by atoms with van der Waals surface area (Å²) >= 11 is 0. The maximum Gasteiger partial charge on any atom is 0.167 e. The highest BCUT2D eigenvalue weighted by atomic mass is 16.5. The monoisotopic (exact) mass is 251 g/mol. The predicted molar refractivity (Wildman–Crippen MR) is 70.0 cm³/mol. The van der Waals surface area contributed by atoms with Gasteiger partial charge in [0.15, 0.2) is 5.78 Å². The van der Waals surface area contributed by atoms with E-state index in [1.165, 1.54) is 0 Å². The summed E-state index contributed by atoms with van der Waals surface area (Å²) in [5.41, 5.74) is 0.0877. The van der Waals surface area contributed by atoms with E-state index in [9.17, 15) is 4.79 Å². The fourth-order valence-corrected chi connectivity index (χ4v) is 1.47. The van der Waals surface area contributed by atoms with Crippen LogP contribution in [0.3, 0.4) is 0 Å². The first-order valence-electron chi connectivity index (χ1n) is 6.04. The van der Waals surface area contributed by atoms with Gasteiger partial charge < -0.3 is 9.47 Å². The standard InChI is InChI=1S/C14H21NO3/c1-10(2)18-12-6-11(8-15-9-12)13(16)7-14(3,4)17-5/h6,8-10H,7H2,1-5H3. The molecular weight excluding hydrogens is 230 g/mol. The van der Waals surface area contributed by atoms with Gasteiger partial charge in [0.2, 0.25) is 0 Å². The van der Waals surface area contributed by atoms with Gasteiger partial charge in [-0.05, 0) is 33.8 Å². The molecule has 0 bridgehead atoms. The number of hydrogen-bond acceptors (Lipinski definition) is 4. The summed E-state index contributed by atoms with van der Waals surface area (Å²) in [6.07, 6.45) is 3.54. The van der Waals surface area contributed by atoms with Gasteiger partial charge in [0, 0.05) is 25.3 Å². The molecule has 0 saturated carbocycles. The fourth-order valence-electron chi connectivity index (χ4n) is 1.47. The van der Waals surface area contributed by atoms with E-state index in [2.05, 4.69) is 4.98 Å². The Bertz CT molecular complexity index is 413. The van der Waals surface area contributed by atoms with E-state index >= 15 is 0 Å². The summed E-state index contributed by atoms with van der Waals surface area (Å²) < 4.78 is 10.8. The highest BCUT2D eigenvalue weighted by molar-refractivity contribution is 5.96. The molecule has 0 spiro atoms. The first-order chi connectivity index (χ1) is 8.34. The first kappa shape index (κ1) is 14.6. The number of ketones is 1. The molecule has 0 saturated heterocycles. The Hall–Kier alpha value is -1.42. The van der Waals surface area contributed by atoms with Crippen LogP contribution in [0.5, 0.6) is 5.75 Å². The maximum absolute atomic E-state index is 12.1. The lowest BCUT2D eigenvalue weighted by Crippen LogP contribution is -2.26.